The van der Waals surface area contributed by atoms with Crippen LogP contribution >= 0.6 is 12.5 Å². The van der Waals surface area contributed by atoms with Crippen LogP contribution in [0.15, 0.2) is 36.5 Å². The summed E-state index contributed by atoms with van der Waals surface area (Å²) in [6.45, 7) is 15.3. The minimum Gasteiger partial charge on any atom is -0.428 e. The van der Waals surface area contributed by atoms with Crippen molar-refractivity contribution in [1.82, 2.24) is 10.1 Å². The number of hydrogen-bond acceptors (Lipinski definition) is 15. The van der Waals surface area contributed by atoms with Crippen molar-refractivity contribution in [3.05, 3.63) is 36.5 Å². The predicted molar refractivity (Wildman–Crippen MR) is 176 cm³/mol. The number of thiol groups is 1. The smallest absolute Gasteiger partial charge is 0.428 e. The molecule has 0 saturated carbocycles. The Labute approximate surface area is 287 Å². The zero-order valence-corrected chi connectivity index (χ0v) is 28.9. The van der Waals surface area contributed by atoms with Gasteiger partial charge in [-0.25, -0.2) is 9.59 Å². The average Bonchev–Trinajstić information content (AvgIpc) is 3.51. The van der Waals surface area contributed by atoms with Crippen molar-refractivity contribution < 1.29 is 63.0 Å². The SMILES string of the molecule is C=C(CCCC(C)=O)COC(=O)ON1C(=O)CCC1=O.C=C(CO)CC(C)=O.C=C(CO)CCN.CC(=O)ON1C(=O)CCC1=O.[2H]SC. The molecular weight excluding hydrogens is 654 g/mol. The molecule has 0 aliphatic carbocycles. The van der Waals surface area contributed by atoms with E-state index in [2.05, 4.69) is 29.4 Å². The standard InChI is InChI=1S/C13H17NO6.C6H7NO4.C6H10O2.C5H11NO.CH4S/c1-9(4-3-5-10(2)15)8-19-13(18)20-14-11(16)6-7-12(14)17;1-4(8)11-7-5(9)2-3-6(7)10;1-5(4-7)3-6(2)8;1-5(4-7)2-3-6;1-2/h1,3-8H2,2H3;2-3H2,1H3;7H,1,3-4H2,2H3;7H,1-4,6H2;2H,1H3/i/hD. The number of rotatable bonds is 14. The van der Waals surface area contributed by atoms with Gasteiger partial charge >= 0.3 is 12.1 Å². The summed E-state index contributed by atoms with van der Waals surface area (Å²) in [6.07, 6.45) is 3.57. The Morgan fingerprint density at radius 2 is 1.21 bits per heavy atom. The maximum atomic E-state index is 11.3. The van der Waals surface area contributed by atoms with Gasteiger partial charge in [-0.15, -0.1) is 5.06 Å². The molecule has 4 amide bonds. The van der Waals surface area contributed by atoms with Crippen molar-refractivity contribution in [3.8, 4) is 0 Å². The number of imide groups is 2. The zero-order valence-electron chi connectivity index (χ0n) is 29.1. The summed E-state index contributed by atoms with van der Waals surface area (Å²) >= 11 is 1.000. The predicted octanol–water partition coefficient (Wildman–Crippen LogP) is 2.08. The van der Waals surface area contributed by atoms with E-state index in [1.807, 2.05) is 0 Å². The molecule has 272 valence electrons. The van der Waals surface area contributed by atoms with Gasteiger partial charge < -0.3 is 30.3 Å². The highest BCUT2D eigenvalue weighted by Crippen LogP contribution is 2.14. The van der Waals surface area contributed by atoms with Crippen LogP contribution in [0.2, 0.25) is 0 Å². The Balaban J connectivity index is -0.000000615. The maximum absolute atomic E-state index is 11.3. The van der Waals surface area contributed by atoms with Crippen LogP contribution in [0, 0.1) is 0 Å². The summed E-state index contributed by atoms with van der Waals surface area (Å²) < 4.78 is 10.9. The minimum absolute atomic E-state index is 0.0316. The van der Waals surface area contributed by atoms with Crippen molar-refractivity contribution in [3.63, 3.8) is 0 Å². The zero-order chi connectivity index (χ0) is 38.5. The number of nitrogens with two attached hydrogens (primary N) is 1. The third-order valence-corrected chi connectivity index (χ3v) is 5.29. The molecule has 0 bridgehead atoms. The molecule has 2 rings (SSSR count). The first kappa shape index (κ1) is 45.9. The van der Waals surface area contributed by atoms with E-state index in [1.165, 1.54) is 13.8 Å². The molecule has 17 heteroatoms. The van der Waals surface area contributed by atoms with Crippen molar-refractivity contribution in [2.75, 3.05) is 32.6 Å². The van der Waals surface area contributed by atoms with Crippen LogP contribution in [0.1, 0.15) is 78.6 Å². The van der Waals surface area contributed by atoms with Crippen LogP contribution < -0.4 is 5.73 Å². The molecule has 2 aliphatic heterocycles. The lowest BCUT2D eigenvalue weighted by atomic mass is 10.1. The van der Waals surface area contributed by atoms with Gasteiger partial charge in [0.05, 0.1) is 13.2 Å². The first-order chi connectivity index (χ1) is 22.9. The summed E-state index contributed by atoms with van der Waals surface area (Å²) in [5, 5.41) is 17.6. The van der Waals surface area contributed by atoms with Crippen molar-refractivity contribution >= 4 is 59.9 Å². The minimum atomic E-state index is -1.12. The van der Waals surface area contributed by atoms with Gasteiger partial charge in [0.25, 0.3) is 23.6 Å². The van der Waals surface area contributed by atoms with Crippen LogP contribution in [-0.4, -0.2) is 101 Å². The number of hydrogen-bond donors (Lipinski definition) is 4. The van der Waals surface area contributed by atoms with Gasteiger partial charge in [0.2, 0.25) is 0 Å². The number of amides is 4. The van der Waals surface area contributed by atoms with E-state index in [0.717, 1.165) is 31.5 Å². The number of ether oxygens (including phenoxy) is 1. The number of aliphatic hydroxyl groups excluding tert-OH is 2. The molecule has 2 saturated heterocycles. The van der Waals surface area contributed by atoms with Gasteiger partial charge in [-0.05, 0) is 57.1 Å². The van der Waals surface area contributed by atoms with Gasteiger partial charge in [-0.3, -0.25) is 28.8 Å². The summed E-state index contributed by atoms with van der Waals surface area (Å²) in [6, 6.07) is 0. The van der Waals surface area contributed by atoms with Crippen LogP contribution in [-0.2, 0) is 48.0 Å². The molecule has 2 aliphatic rings. The second kappa shape index (κ2) is 29.0. The number of ketones is 2. The largest absolute Gasteiger partial charge is 0.534 e. The molecule has 0 aromatic carbocycles. The summed E-state index contributed by atoms with van der Waals surface area (Å²) in [5.74, 6) is -2.56. The second-order valence-electron chi connectivity index (χ2n) is 9.92. The third-order valence-electron chi connectivity index (χ3n) is 5.29. The molecule has 48 heavy (non-hydrogen) atoms. The fourth-order valence-electron chi connectivity index (χ4n) is 3.06. The van der Waals surface area contributed by atoms with Gasteiger partial charge in [-0.1, -0.05) is 30.4 Å². The highest BCUT2D eigenvalue weighted by Gasteiger charge is 2.33. The number of carbonyl (C=O) groups is 8. The topological polar surface area (TPSA) is 237 Å². The normalized spacial score (nSPS) is 13.1. The number of Topliss-reactive ketones (excluding diaryl/α,β-unsaturated/α-hetero) is 2. The lowest BCUT2D eigenvalue weighted by Crippen LogP contribution is -2.32. The molecule has 2 fully saturated rings. The van der Waals surface area contributed by atoms with E-state index in [-0.39, 0.29) is 57.1 Å². The summed E-state index contributed by atoms with van der Waals surface area (Å²) in [5.41, 5.74) is 7.15. The van der Waals surface area contributed by atoms with E-state index in [9.17, 15) is 38.4 Å². The molecule has 0 aromatic rings. The van der Waals surface area contributed by atoms with Crippen LogP contribution in [0.4, 0.5) is 4.79 Å². The maximum Gasteiger partial charge on any atom is 0.534 e. The molecule has 0 spiro atoms. The van der Waals surface area contributed by atoms with Crippen molar-refractivity contribution in [2.24, 2.45) is 5.73 Å². The van der Waals surface area contributed by atoms with Crippen LogP contribution in [0.5, 0.6) is 0 Å². The first-order valence-corrected chi connectivity index (χ1v) is 15.4. The highest BCUT2D eigenvalue weighted by atomic mass is 32.1. The molecular formula is C31H49N3O13S. The quantitative estimate of drug-likeness (QED) is 0.0877. The van der Waals surface area contributed by atoms with Crippen LogP contribution in [0.3, 0.4) is 0 Å². The summed E-state index contributed by atoms with van der Waals surface area (Å²) in [4.78, 5) is 95.3. The Morgan fingerprint density at radius 3 is 1.52 bits per heavy atom. The molecule has 0 atom stereocenters. The second-order valence-corrected chi connectivity index (χ2v) is 9.92. The lowest BCUT2D eigenvalue weighted by Gasteiger charge is -2.12. The summed E-state index contributed by atoms with van der Waals surface area (Å²) in [7, 11) is 0. The fraction of sp³-hybridized carbons (Fsp3) is 0.548. The van der Waals surface area contributed by atoms with Crippen LogP contribution in [0.25, 0.3) is 0 Å². The van der Waals surface area contributed by atoms with E-state index in [1.54, 1.807) is 6.26 Å². The monoisotopic (exact) mass is 704 g/mol. The molecule has 0 unspecified atom stereocenters. The Bertz CT molecular complexity index is 1150. The van der Waals surface area contributed by atoms with Gasteiger partial charge in [-0.2, -0.15) is 12.5 Å². The van der Waals surface area contributed by atoms with Crippen molar-refractivity contribution in [1.29, 1.82) is 1.12 Å². The Hall–Kier alpha value is -4.19. The number of nitrogens with zero attached hydrogens (tertiary/aromatic N) is 2. The molecule has 2 heterocycles. The lowest BCUT2D eigenvalue weighted by molar-refractivity contribution is -0.195. The molecule has 4 N–H and O–H groups in total. The van der Waals surface area contributed by atoms with E-state index < -0.39 is 35.8 Å². The number of hydroxylamine groups is 4. The van der Waals surface area contributed by atoms with E-state index in [4.69, 9.17) is 21.8 Å². The average molecular weight is 705 g/mol. The molecule has 0 aromatic heterocycles. The first-order valence-electron chi connectivity index (χ1n) is 15.0. The van der Waals surface area contributed by atoms with E-state index in [0.29, 0.717) is 53.5 Å². The van der Waals surface area contributed by atoms with E-state index >= 15 is 0 Å². The highest BCUT2D eigenvalue weighted by molar-refractivity contribution is 7.79. The third kappa shape index (κ3) is 25.9. The number of aliphatic hydroxyl groups is 2. The van der Waals surface area contributed by atoms with Crippen molar-refractivity contribution in [2.45, 2.75) is 78.6 Å². The Morgan fingerprint density at radius 1 is 0.771 bits per heavy atom. The van der Waals surface area contributed by atoms with Gasteiger partial charge in [0.15, 0.2) is 0 Å². The Kier molecular flexibility index (Phi) is 27.7. The molecule has 16 nitrogen and oxygen atoms in total. The number of carbonyl (C=O) groups excluding carboxylic acids is 8. The van der Waals surface area contributed by atoms with Gasteiger partial charge in [0, 0.05) is 45.4 Å². The van der Waals surface area contributed by atoms with Gasteiger partial charge in [0.1, 0.15) is 19.3 Å². The molecule has 0 radical (unpaired) electrons. The fourth-order valence-corrected chi connectivity index (χ4v) is 3.06.